The number of nitrogens with zero attached hydrogens (tertiary/aromatic N) is 1. The molecule has 2 aromatic carbocycles. The molecular formula is C16H13FN2O2. The third kappa shape index (κ3) is 2.63. The number of hydrogen-bond donors (Lipinski definition) is 1. The molecule has 0 atom stereocenters. The Labute approximate surface area is 120 Å². The molecule has 1 aromatic heterocycles. The lowest BCUT2D eigenvalue weighted by molar-refractivity contribution is 0.413. The fourth-order valence-corrected chi connectivity index (χ4v) is 2.21. The molecule has 0 aliphatic heterocycles. The van der Waals surface area contributed by atoms with Gasteiger partial charge in [0.05, 0.1) is 18.0 Å². The van der Waals surface area contributed by atoms with E-state index >= 15 is 0 Å². The van der Waals surface area contributed by atoms with Gasteiger partial charge in [0, 0.05) is 6.42 Å². The van der Waals surface area contributed by atoms with Crippen LogP contribution in [0.4, 0.5) is 4.39 Å². The van der Waals surface area contributed by atoms with E-state index in [0.717, 1.165) is 0 Å². The van der Waals surface area contributed by atoms with E-state index in [1.54, 1.807) is 30.3 Å². The van der Waals surface area contributed by atoms with Gasteiger partial charge in [-0.3, -0.25) is 4.79 Å². The highest BCUT2D eigenvalue weighted by Gasteiger charge is 2.09. The lowest BCUT2D eigenvalue weighted by atomic mass is 10.1. The number of methoxy groups -OCH3 is 1. The molecule has 21 heavy (non-hydrogen) atoms. The van der Waals surface area contributed by atoms with Crippen LogP contribution in [-0.4, -0.2) is 17.1 Å². The molecule has 0 spiro atoms. The Balaban J connectivity index is 2.04. The number of H-pyrrole nitrogens is 1. The van der Waals surface area contributed by atoms with Gasteiger partial charge in [0.15, 0.2) is 0 Å². The van der Waals surface area contributed by atoms with Crippen molar-refractivity contribution in [2.75, 3.05) is 7.11 Å². The Morgan fingerprint density at radius 2 is 2.05 bits per heavy atom. The first-order valence-electron chi connectivity index (χ1n) is 6.48. The summed E-state index contributed by atoms with van der Waals surface area (Å²) in [5.41, 5.74) is 0.797. The molecule has 0 bridgehead atoms. The molecule has 3 aromatic rings. The predicted molar refractivity (Wildman–Crippen MR) is 78.1 cm³/mol. The molecule has 0 radical (unpaired) electrons. The van der Waals surface area contributed by atoms with E-state index < -0.39 is 0 Å². The minimum atomic E-state index is -0.355. The second-order valence-electron chi connectivity index (χ2n) is 4.66. The molecule has 4 nitrogen and oxygen atoms in total. The molecular weight excluding hydrogens is 271 g/mol. The summed E-state index contributed by atoms with van der Waals surface area (Å²) in [6.45, 7) is 0. The normalized spacial score (nSPS) is 10.8. The average Bonchev–Trinajstić information content (AvgIpc) is 2.49. The fourth-order valence-electron chi connectivity index (χ4n) is 2.21. The smallest absolute Gasteiger partial charge is 0.258 e. The molecule has 0 saturated heterocycles. The summed E-state index contributed by atoms with van der Waals surface area (Å²) in [6.07, 6.45) is 0.198. The number of benzene rings is 2. The molecule has 5 heteroatoms. The van der Waals surface area contributed by atoms with E-state index in [1.165, 1.54) is 13.2 Å². The molecule has 0 unspecified atom stereocenters. The molecule has 0 aliphatic carbocycles. The highest BCUT2D eigenvalue weighted by Crippen LogP contribution is 2.18. The van der Waals surface area contributed by atoms with Crippen LogP contribution >= 0.6 is 0 Å². The minimum Gasteiger partial charge on any atom is -0.497 e. The number of ether oxygens (including phenoxy) is 1. The van der Waals surface area contributed by atoms with Crippen molar-refractivity contribution in [2.45, 2.75) is 6.42 Å². The van der Waals surface area contributed by atoms with Crippen molar-refractivity contribution < 1.29 is 9.13 Å². The largest absolute Gasteiger partial charge is 0.497 e. The van der Waals surface area contributed by atoms with E-state index in [-0.39, 0.29) is 17.8 Å². The second kappa shape index (κ2) is 5.36. The van der Waals surface area contributed by atoms with Gasteiger partial charge in [-0.1, -0.05) is 12.1 Å². The number of hydrogen-bond acceptors (Lipinski definition) is 3. The topological polar surface area (TPSA) is 55.0 Å². The van der Waals surface area contributed by atoms with Gasteiger partial charge in [-0.05, 0) is 35.9 Å². The van der Waals surface area contributed by atoms with Gasteiger partial charge >= 0.3 is 0 Å². The van der Waals surface area contributed by atoms with E-state index in [1.807, 2.05) is 6.07 Å². The van der Waals surface area contributed by atoms with Crippen LogP contribution in [-0.2, 0) is 6.42 Å². The minimum absolute atomic E-state index is 0.198. The Bertz CT molecular complexity index is 858. The van der Waals surface area contributed by atoms with Gasteiger partial charge in [-0.2, -0.15) is 0 Å². The van der Waals surface area contributed by atoms with E-state index in [2.05, 4.69) is 9.97 Å². The zero-order chi connectivity index (χ0) is 14.8. The van der Waals surface area contributed by atoms with Gasteiger partial charge in [-0.25, -0.2) is 9.37 Å². The Hall–Kier alpha value is -2.69. The molecule has 0 aliphatic rings. The summed E-state index contributed by atoms with van der Waals surface area (Å²) in [7, 11) is 1.52. The number of para-hydroxylation sites is 1. The highest BCUT2D eigenvalue weighted by atomic mass is 19.1. The van der Waals surface area contributed by atoms with Crippen LogP contribution in [0.5, 0.6) is 5.75 Å². The summed E-state index contributed by atoms with van der Waals surface area (Å²) < 4.78 is 18.9. The van der Waals surface area contributed by atoms with Crippen LogP contribution in [0.25, 0.3) is 10.9 Å². The molecule has 1 heterocycles. The Kier molecular flexibility index (Phi) is 3.39. The summed E-state index contributed by atoms with van der Waals surface area (Å²) in [6, 6.07) is 11.5. The lowest BCUT2D eigenvalue weighted by Gasteiger charge is -2.06. The van der Waals surface area contributed by atoms with Crippen LogP contribution < -0.4 is 10.3 Å². The zero-order valence-corrected chi connectivity index (χ0v) is 11.4. The molecule has 0 fully saturated rings. The van der Waals surface area contributed by atoms with Gasteiger partial charge < -0.3 is 9.72 Å². The fraction of sp³-hybridized carbons (Fsp3) is 0.125. The van der Waals surface area contributed by atoms with Gasteiger partial charge in [0.25, 0.3) is 5.56 Å². The van der Waals surface area contributed by atoms with E-state index in [4.69, 9.17) is 4.74 Å². The van der Waals surface area contributed by atoms with Crippen molar-refractivity contribution >= 4 is 10.9 Å². The van der Waals surface area contributed by atoms with E-state index in [9.17, 15) is 9.18 Å². The molecule has 0 saturated carbocycles. The number of rotatable bonds is 3. The third-order valence-corrected chi connectivity index (χ3v) is 3.27. The average molecular weight is 284 g/mol. The first-order valence-corrected chi connectivity index (χ1v) is 6.48. The second-order valence-corrected chi connectivity index (χ2v) is 4.66. The molecule has 1 N–H and O–H groups in total. The summed E-state index contributed by atoms with van der Waals surface area (Å²) in [4.78, 5) is 19.0. The van der Waals surface area contributed by atoms with Gasteiger partial charge in [-0.15, -0.1) is 0 Å². The van der Waals surface area contributed by atoms with Crippen LogP contribution in [0.3, 0.4) is 0 Å². The van der Waals surface area contributed by atoms with Crippen LogP contribution in [0.1, 0.15) is 11.4 Å². The van der Waals surface area contributed by atoms with Crippen molar-refractivity contribution in [2.24, 2.45) is 0 Å². The van der Waals surface area contributed by atoms with Crippen molar-refractivity contribution in [3.63, 3.8) is 0 Å². The number of aromatic amines is 1. The van der Waals surface area contributed by atoms with Crippen LogP contribution in [0, 0.1) is 5.82 Å². The third-order valence-electron chi connectivity index (χ3n) is 3.27. The Morgan fingerprint density at radius 1 is 1.24 bits per heavy atom. The maximum Gasteiger partial charge on any atom is 0.258 e. The standard InChI is InChI=1S/C16H13FN2O2/c1-21-11-6-7-13(17)10(8-11)9-15-18-14-5-3-2-4-12(14)16(20)19-15/h2-8H,9H2,1H3,(H,18,19,20). The number of fused-ring (bicyclic) bond motifs is 1. The number of aromatic nitrogens is 2. The van der Waals surface area contributed by atoms with Crippen LogP contribution in [0.15, 0.2) is 47.3 Å². The summed E-state index contributed by atoms with van der Waals surface area (Å²) >= 11 is 0. The van der Waals surface area contributed by atoms with Crippen molar-refractivity contribution in [1.29, 1.82) is 0 Å². The van der Waals surface area contributed by atoms with Crippen molar-refractivity contribution in [3.05, 3.63) is 70.0 Å². The highest BCUT2D eigenvalue weighted by molar-refractivity contribution is 5.77. The van der Waals surface area contributed by atoms with Crippen LogP contribution in [0.2, 0.25) is 0 Å². The van der Waals surface area contributed by atoms with Gasteiger partial charge in [0.1, 0.15) is 17.4 Å². The monoisotopic (exact) mass is 284 g/mol. The zero-order valence-electron chi connectivity index (χ0n) is 11.4. The summed E-state index contributed by atoms with van der Waals surface area (Å²) in [5, 5.41) is 0.521. The Morgan fingerprint density at radius 3 is 2.86 bits per heavy atom. The SMILES string of the molecule is COc1ccc(F)c(Cc2nc3ccccc3c(=O)[nH]2)c1. The van der Waals surface area contributed by atoms with E-state index in [0.29, 0.717) is 28.0 Å². The molecule has 106 valence electrons. The summed E-state index contributed by atoms with van der Waals surface area (Å²) in [5.74, 6) is 0.631. The first kappa shape index (κ1) is 13.3. The maximum absolute atomic E-state index is 13.8. The van der Waals surface area contributed by atoms with Crippen molar-refractivity contribution in [3.8, 4) is 5.75 Å². The molecule has 3 rings (SSSR count). The maximum atomic E-state index is 13.8. The lowest BCUT2D eigenvalue weighted by Crippen LogP contribution is -2.12. The quantitative estimate of drug-likeness (QED) is 0.804. The van der Waals surface area contributed by atoms with Gasteiger partial charge in [0.2, 0.25) is 0 Å². The first-order chi connectivity index (χ1) is 10.2. The predicted octanol–water partition coefficient (Wildman–Crippen LogP) is 2.66. The number of nitrogens with one attached hydrogen (secondary N) is 1. The molecule has 0 amide bonds. The number of halogens is 1. The van der Waals surface area contributed by atoms with Crippen molar-refractivity contribution in [1.82, 2.24) is 9.97 Å².